The monoisotopic (exact) mass is 350 g/mol. The van der Waals surface area contributed by atoms with Crippen molar-refractivity contribution in [1.29, 1.82) is 0 Å². The van der Waals surface area contributed by atoms with Crippen molar-refractivity contribution in [3.8, 4) is 0 Å². The minimum absolute atomic E-state index is 0.00969. The number of benzene rings is 1. The van der Waals surface area contributed by atoms with Crippen LogP contribution in [0.4, 0.5) is 0 Å². The molecule has 2 aliphatic heterocycles. The van der Waals surface area contributed by atoms with E-state index in [9.17, 15) is 14.7 Å². The second kappa shape index (κ2) is 7.53. The second-order valence-corrected chi connectivity index (χ2v) is 7.03. The second-order valence-electron chi connectivity index (χ2n) is 6.59. The summed E-state index contributed by atoms with van der Waals surface area (Å²) in [6.07, 6.45) is 2.32. The number of carbonyl (C=O) groups excluding carboxylic acids is 2. The van der Waals surface area contributed by atoms with Crippen molar-refractivity contribution < 1.29 is 14.7 Å². The maximum atomic E-state index is 12.5. The molecular formula is C18H23ClN2O3. The number of hydrogen-bond acceptors (Lipinski definition) is 3. The van der Waals surface area contributed by atoms with Crippen LogP contribution in [0.15, 0.2) is 24.3 Å². The lowest BCUT2D eigenvalue weighted by Gasteiger charge is -2.34. The van der Waals surface area contributed by atoms with Crippen molar-refractivity contribution in [2.75, 3.05) is 26.2 Å². The molecule has 1 aromatic rings. The molecule has 6 heteroatoms. The first-order chi connectivity index (χ1) is 11.6. The van der Waals surface area contributed by atoms with Gasteiger partial charge in [-0.15, -0.1) is 0 Å². The van der Waals surface area contributed by atoms with Gasteiger partial charge in [0, 0.05) is 37.1 Å². The highest BCUT2D eigenvalue weighted by Crippen LogP contribution is 2.25. The van der Waals surface area contributed by atoms with Crippen LogP contribution < -0.4 is 0 Å². The van der Waals surface area contributed by atoms with Crippen LogP contribution in [0, 0.1) is 5.92 Å². The molecule has 3 rings (SSSR count). The fourth-order valence-corrected chi connectivity index (χ4v) is 3.73. The molecule has 0 aromatic heterocycles. The molecule has 0 bridgehead atoms. The van der Waals surface area contributed by atoms with Crippen molar-refractivity contribution in [2.45, 2.75) is 31.8 Å². The quantitative estimate of drug-likeness (QED) is 0.909. The molecule has 2 amide bonds. The fraction of sp³-hybridized carbons (Fsp3) is 0.556. The van der Waals surface area contributed by atoms with Gasteiger partial charge >= 0.3 is 0 Å². The van der Waals surface area contributed by atoms with E-state index in [0.717, 1.165) is 25.9 Å². The molecule has 5 nitrogen and oxygen atoms in total. The van der Waals surface area contributed by atoms with Crippen molar-refractivity contribution in [3.63, 3.8) is 0 Å². The smallest absolute Gasteiger partial charge is 0.256 e. The largest absolute Gasteiger partial charge is 0.378 e. The van der Waals surface area contributed by atoms with E-state index in [2.05, 4.69) is 0 Å². The SMILES string of the molecule is O=C(C1CCN(C(=O)C(O)c2cccc(Cl)c2)CC1)N1CCCC1. The first kappa shape index (κ1) is 17.2. The molecule has 2 heterocycles. The summed E-state index contributed by atoms with van der Waals surface area (Å²) in [6.45, 7) is 2.76. The number of nitrogens with zero attached hydrogens (tertiary/aromatic N) is 2. The number of rotatable bonds is 3. The minimum Gasteiger partial charge on any atom is -0.378 e. The average molecular weight is 351 g/mol. The molecule has 0 radical (unpaired) electrons. The molecule has 0 aliphatic carbocycles. The zero-order chi connectivity index (χ0) is 17.1. The normalized spacial score (nSPS) is 20.2. The van der Waals surface area contributed by atoms with Crippen LogP contribution in [0.2, 0.25) is 5.02 Å². The Kier molecular flexibility index (Phi) is 5.41. The molecule has 2 fully saturated rings. The molecular weight excluding hydrogens is 328 g/mol. The van der Waals surface area contributed by atoms with Crippen LogP contribution in [-0.2, 0) is 9.59 Å². The predicted molar refractivity (Wildman–Crippen MR) is 91.5 cm³/mol. The van der Waals surface area contributed by atoms with Gasteiger partial charge in [-0.1, -0.05) is 23.7 Å². The van der Waals surface area contributed by atoms with E-state index >= 15 is 0 Å². The highest BCUT2D eigenvalue weighted by Gasteiger charge is 2.33. The summed E-state index contributed by atoms with van der Waals surface area (Å²) >= 11 is 5.92. The van der Waals surface area contributed by atoms with Gasteiger partial charge in [0.05, 0.1) is 0 Å². The van der Waals surface area contributed by atoms with E-state index in [-0.39, 0.29) is 17.7 Å². The Bertz CT molecular complexity index is 608. The zero-order valence-corrected chi connectivity index (χ0v) is 14.4. The van der Waals surface area contributed by atoms with E-state index in [1.54, 1.807) is 29.2 Å². The van der Waals surface area contributed by atoms with E-state index in [1.165, 1.54) is 0 Å². The third-order valence-corrected chi connectivity index (χ3v) is 5.21. The third kappa shape index (κ3) is 3.73. The number of hydrogen-bond donors (Lipinski definition) is 1. The van der Waals surface area contributed by atoms with Crippen LogP contribution in [-0.4, -0.2) is 52.9 Å². The topological polar surface area (TPSA) is 60.9 Å². The number of amides is 2. The molecule has 24 heavy (non-hydrogen) atoms. The molecule has 2 saturated heterocycles. The molecule has 1 aromatic carbocycles. The van der Waals surface area contributed by atoms with Crippen molar-refractivity contribution >= 4 is 23.4 Å². The van der Waals surface area contributed by atoms with Gasteiger partial charge in [0.1, 0.15) is 0 Å². The lowest BCUT2D eigenvalue weighted by atomic mass is 9.94. The molecule has 130 valence electrons. The average Bonchev–Trinajstić information content (AvgIpc) is 3.14. The molecule has 1 unspecified atom stereocenters. The summed E-state index contributed by atoms with van der Waals surface area (Å²) in [7, 11) is 0. The zero-order valence-electron chi connectivity index (χ0n) is 13.7. The molecule has 1 N–H and O–H groups in total. The Morgan fingerprint density at radius 1 is 1.08 bits per heavy atom. The van der Waals surface area contributed by atoms with E-state index in [1.807, 2.05) is 4.90 Å². The van der Waals surface area contributed by atoms with Gasteiger partial charge in [-0.05, 0) is 43.4 Å². The molecule has 0 saturated carbocycles. The standard InChI is InChI=1S/C18H23ClN2O3/c19-15-5-3-4-14(12-15)16(22)18(24)21-10-6-13(7-11-21)17(23)20-8-1-2-9-20/h3-5,12-13,16,22H,1-2,6-11H2. The fourth-order valence-electron chi connectivity index (χ4n) is 3.53. The molecule has 0 spiro atoms. The first-order valence-electron chi connectivity index (χ1n) is 8.57. The maximum absolute atomic E-state index is 12.5. The molecule has 2 aliphatic rings. The van der Waals surface area contributed by atoms with Gasteiger partial charge in [0.2, 0.25) is 5.91 Å². The van der Waals surface area contributed by atoms with Gasteiger partial charge in [-0.3, -0.25) is 9.59 Å². The Hall–Kier alpha value is -1.59. The van der Waals surface area contributed by atoms with Crippen LogP contribution in [0.1, 0.15) is 37.4 Å². The van der Waals surface area contributed by atoms with Crippen LogP contribution in [0.3, 0.4) is 0 Å². The van der Waals surface area contributed by atoms with Crippen LogP contribution >= 0.6 is 11.6 Å². The van der Waals surface area contributed by atoms with Crippen LogP contribution in [0.25, 0.3) is 0 Å². The number of piperidine rings is 1. The summed E-state index contributed by atoms with van der Waals surface area (Å²) < 4.78 is 0. The van der Waals surface area contributed by atoms with Gasteiger partial charge in [-0.25, -0.2) is 0 Å². The van der Waals surface area contributed by atoms with Gasteiger partial charge in [0.15, 0.2) is 6.10 Å². The van der Waals surface area contributed by atoms with Gasteiger partial charge in [-0.2, -0.15) is 0 Å². The van der Waals surface area contributed by atoms with E-state index in [0.29, 0.717) is 36.5 Å². The van der Waals surface area contributed by atoms with E-state index in [4.69, 9.17) is 11.6 Å². The summed E-state index contributed by atoms with van der Waals surface area (Å²) in [5, 5.41) is 10.8. The highest BCUT2D eigenvalue weighted by molar-refractivity contribution is 6.30. The Labute approximate surface area is 147 Å². The highest BCUT2D eigenvalue weighted by atomic mass is 35.5. The third-order valence-electron chi connectivity index (χ3n) is 4.97. The number of aliphatic hydroxyl groups is 1. The van der Waals surface area contributed by atoms with Crippen molar-refractivity contribution in [2.24, 2.45) is 5.92 Å². The number of aliphatic hydroxyl groups excluding tert-OH is 1. The van der Waals surface area contributed by atoms with Gasteiger partial charge < -0.3 is 14.9 Å². The minimum atomic E-state index is -1.20. The Morgan fingerprint density at radius 2 is 1.75 bits per heavy atom. The maximum Gasteiger partial charge on any atom is 0.256 e. The lowest BCUT2D eigenvalue weighted by Crippen LogP contribution is -2.45. The number of likely N-dealkylation sites (tertiary alicyclic amines) is 2. The summed E-state index contributed by atoms with van der Waals surface area (Å²) in [5.74, 6) is -0.0743. The Morgan fingerprint density at radius 3 is 2.38 bits per heavy atom. The summed E-state index contributed by atoms with van der Waals surface area (Å²) in [5.41, 5.74) is 0.503. The van der Waals surface area contributed by atoms with Crippen molar-refractivity contribution in [1.82, 2.24) is 9.80 Å². The van der Waals surface area contributed by atoms with Crippen LogP contribution in [0.5, 0.6) is 0 Å². The summed E-state index contributed by atoms with van der Waals surface area (Å²) in [6, 6.07) is 6.72. The van der Waals surface area contributed by atoms with E-state index < -0.39 is 6.10 Å². The number of halogens is 1. The lowest BCUT2D eigenvalue weighted by molar-refractivity contribution is -0.145. The summed E-state index contributed by atoms with van der Waals surface area (Å²) in [4.78, 5) is 28.5. The van der Waals surface area contributed by atoms with Gasteiger partial charge in [0.25, 0.3) is 5.91 Å². The molecule has 1 atom stereocenters. The van der Waals surface area contributed by atoms with Crippen molar-refractivity contribution in [3.05, 3.63) is 34.9 Å². The Balaban J connectivity index is 1.55. The number of carbonyl (C=O) groups is 2. The predicted octanol–water partition coefficient (Wildman–Crippen LogP) is 2.23. The first-order valence-corrected chi connectivity index (χ1v) is 8.95.